The number of amides is 1. The molecule has 1 aliphatic rings. The van der Waals surface area contributed by atoms with Crippen molar-refractivity contribution in [1.29, 1.82) is 0 Å². The third-order valence-electron chi connectivity index (χ3n) is 5.85. The molecule has 0 saturated heterocycles. The number of aromatic nitrogens is 3. The Morgan fingerprint density at radius 3 is 2.77 bits per heavy atom. The van der Waals surface area contributed by atoms with Crippen LogP contribution in [0.25, 0.3) is 0 Å². The number of hydrogen-bond donors (Lipinski definition) is 1. The molecule has 3 aromatic rings. The summed E-state index contributed by atoms with van der Waals surface area (Å²) in [5.74, 6) is 1.46. The Morgan fingerprint density at radius 2 is 2.06 bits per heavy atom. The predicted octanol–water partition coefficient (Wildman–Crippen LogP) is 5.42. The molecule has 35 heavy (non-hydrogen) atoms. The van der Waals surface area contributed by atoms with Crippen LogP contribution in [0.1, 0.15) is 53.0 Å². The molecule has 1 amide bonds. The highest BCUT2D eigenvalue weighted by Crippen LogP contribution is 2.40. The lowest BCUT2D eigenvalue weighted by Gasteiger charge is -2.18. The summed E-state index contributed by atoms with van der Waals surface area (Å²) < 4.78 is 13.8. The number of nitrogens with zero attached hydrogens (tertiary/aromatic N) is 3. The molecule has 0 saturated carbocycles. The SMILES string of the molecule is COC(=O)c1c(NC(=O)CSc2nnc(C(C)Oc3ccc(Br)cc3)n2C)sc2c1CCC(C)C2. The number of fused-ring (bicyclic) bond motifs is 1. The van der Waals surface area contributed by atoms with Gasteiger partial charge in [0.25, 0.3) is 0 Å². The minimum atomic E-state index is -0.405. The first kappa shape index (κ1) is 25.7. The van der Waals surface area contributed by atoms with Crippen molar-refractivity contribution >= 4 is 55.9 Å². The molecule has 0 spiro atoms. The van der Waals surface area contributed by atoms with Crippen LogP contribution in [0.5, 0.6) is 5.75 Å². The molecule has 2 unspecified atom stereocenters. The Morgan fingerprint density at radius 1 is 1.31 bits per heavy atom. The number of hydrogen-bond acceptors (Lipinski definition) is 8. The molecule has 0 fully saturated rings. The van der Waals surface area contributed by atoms with Gasteiger partial charge >= 0.3 is 5.97 Å². The Hall–Kier alpha value is -2.37. The van der Waals surface area contributed by atoms with Gasteiger partial charge in [-0.2, -0.15) is 0 Å². The van der Waals surface area contributed by atoms with E-state index in [-0.39, 0.29) is 17.8 Å². The Balaban J connectivity index is 1.40. The topological polar surface area (TPSA) is 95.3 Å². The number of thiophene rings is 1. The lowest BCUT2D eigenvalue weighted by molar-refractivity contribution is -0.113. The van der Waals surface area contributed by atoms with Crippen molar-refractivity contribution in [2.45, 2.75) is 44.4 Å². The molecule has 0 bridgehead atoms. The van der Waals surface area contributed by atoms with E-state index in [9.17, 15) is 9.59 Å². The second-order valence-corrected chi connectivity index (χ2v) is 11.5. The fourth-order valence-corrected chi connectivity index (χ4v) is 6.42. The normalized spacial score (nSPS) is 15.9. The van der Waals surface area contributed by atoms with Gasteiger partial charge in [0.2, 0.25) is 5.91 Å². The maximum Gasteiger partial charge on any atom is 0.341 e. The maximum absolute atomic E-state index is 12.8. The van der Waals surface area contributed by atoms with E-state index in [1.54, 1.807) is 0 Å². The van der Waals surface area contributed by atoms with Crippen LogP contribution < -0.4 is 10.1 Å². The molecular formula is C24H27BrN4O4S2. The number of halogens is 1. The lowest BCUT2D eigenvalue weighted by atomic mass is 9.88. The highest BCUT2D eigenvalue weighted by Gasteiger charge is 2.29. The fourth-order valence-electron chi connectivity index (χ4n) is 4.03. The van der Waals surface area contributed by atoms with E-state index in [0.717, 1.165) is 39.9 Å². The summed E-state index contributed by atoms with van der Waals surface area (Å²) in [6.45, 7) is 4.11. The van der Waals surface area contributed by atoms with Gasteiger partial charge in [-0.25, -0.2) is 4.79 Å². The van der Waals surface area contributed by atoms with Gasteiger partial charge in [0.05, 0.1) is 18.4 Å². The Bertz CT molecular complexity index is 1230. The summed E-state index contributed by atoms with van der Waals surface area (Å²) in [5.41, 5.74) is 1.51. The summed E-state index contributed by atoms with van der Waals surface area (Å²) in [5, 5.41) is 12.6. The zero-order chi connectivity index (χ0) is 25.1. The van der Waals surface area contributed by atoms with Crippen molar-refractivity contribution in [3.63, 3.8) is 0 Å². The van der Waals surface area contributed by atoms with Gasteiger partial charge in [0, 0.05) is 16.4 Å². The summed E-state index contributed by atoms with van der Waals surface area (Å²) in [4.78, 5) is 26.4. The number of anilines is 1. The fraction of sp³-hybridized carbons (Fsp3) is 0.417. The number of methoxy groups -OCH3 is 1. The minimum absolute atomic E-state index is 0.132. The van der Waals surface area contributed by atoms with Crippen LogP contribution in [0.3, 0.4) is 0 Å². The van der Waals surface area contributed by atoms with Crippen LogP contribution in [0.2, 0.25) is 0 Å². The second kappa shape index (κ2) is 11.1. The number of ether oxygens (including phenoxy) is 2. The van der Waals surface area contributed by atoms with Crippen LogP contribution in [-0.2, 0) is 29.4 Å². The van der Waals surface area contributed by atoms with Crippen molar-refractivity contribution < 1.29 is 19.1 Å². The molecule has 2 heterocycles. The molecule has 1 aromatic carbocycles. The zero-order valence-corrected chi connectivity index (χ0v) is 23.2. The van der Waals surface area contributed by atoms with E-state index in [0.29, 0.717) is 27.5 Å². The lowest BCUT2D eigenvalue weighted by Crippen LogP contribution is -2.17. The van der Waals surface area contributed by atoms with Crippen LogP contribution in [-0.4, -0.2) is 39.5 Å². The number of rotatable bonds is 8. The first-order valence-corrected chi connectivity index (χ1v) is 13.8. The van der Waals surface area contributed by atoms with Crippen molar-refractivity contribution in [2.75, 3.05) is 18.2 Å². The molecule has 1 N–H and O–H groups in total. The minimum Gasteiger partial charge on any atom is -0.483 e. The molecular weight excluding hydrogens is 552 g/mol. The van der Waals surface area contributed by atoms with Crippen molar-refractivity contribution in [3.05, 3.63) is 50.6 Å². The highest BCUT2D eigenvalue weighted by atomic mass is 79.9. The quantitative estimate of drug-likeness (QED) is 0.281. The molecule has 2 atom stereocenters. The first-order chi connectivity index (χ1) is 16.8. The number of benzene rings is 1. The third-order valence-corrected chi connectivity index (χ3v) is 8.56. The van der Waals surface area contributed by atoms with Crippen LogP contribution in [0.4, 0.5) is 5.00 Å². The maximum atomic E-state index is 12.8. The van der Waals surface area contributed by atoms with E-state index in [1.807, 2.05) is 42.8 Å². The predicted molar refractivity (Wildman–Crippen MR) is 140 cm³/mol. The second-order valence-electron chi connectivity index (χ2n) is 8.50. The standard InChI is InChI=1S/C24H27BrN4O4S2/c1-13-5-10-17-18(11-13)35-22(20(17)23(31)32-4)26-19(30)12-34-24-28-27-21(29(24)3)14(2)33-16-8-6-15(25)7-9-16/h6-9,13-14H,5,10-12H2,1-4H3,(H,26,30). The Labute approximate surface area is 220 Å². The zero-order valence-electron chi connectivity index (χ0n) is 20.0. The van der Waals surface area contributed by atoms with E-state index < -0.39 is 5.97 Å². The summed E-state index contributed by atoms with van der Waals surface area (Å²) in [6, 6.07) is 7.58. The van der Waals surface area contributed by atoms with Gasteiger partial charge in [0.15, 0.2) is 17.1 Å². The number of esters is 1. The van der Waals surface area contributed by atoms with Gasteiger partial charge in [-0.05, 0) is 61.9 Å². The van der Waals surface area contributed by atoms with Crippen molar-refractivity contribution in [3.8, 4) is 5.75 Å². The summed E-state index contributed by atoms with van der Waals surface area (Å²) >= 11 is 6.17. The van der Waals surface area contributed by atoms with Crippen molar-refractivity contribution in [2.24, 2.45) is 13.0 Å². The van der Waals surface area contributed by atoms with E-state index in [1.165, 1.54) is 30.2 Å². The Kier molecular flexibility index (Phi) is 8.18. The molecule has 1 aliphatic carbocycles. The third kappa shape index (κ3) is 5.90. The van der Waals surface area contributed by atoms with E-state index in [2.05, 4.69) is 38.4 Å². The molecule has 0 radical (unpaired) electrons. The number of carbonyl (C=O) groups excluding carboxylic acids is 2. The van der Waals surface area contributed by atoms with Gasteiger partial charge in [-0.3, -0.25) is 4.79 Å². The molecule has 4 rings (SSSR count). The molecule has 8 nitrogen and oxygen atoms in total. The molecule has 186 valence electrons. The molecule has 2 aromatic heterocycles. The number of carbonyl (C=O) groups is 2. The monoisotopic (exact) mass is 578 g/mol. The van der Waals surface area contributed by atoms with Crippen molar-refractivity contribution in [1.82, 2.24) is 14.8 Å². The van der Waals surface area contributed by atoms with Crippen LogP contribution in [0, 0.1) is 5.92 Å². The summed E-state index contributed by atoms with van der Waals surface area (Å²) in [6.07, 6.45) is 2.44. The number of thioether (sulfide) groups is 1. The van der Waals surface area contributed by atoms with Gasteiger partial charge < -0.3 is 19.4 Å². The largest absolute Gasteiger partial charge is 0.483 e. The number of nitrogens with one attached hydrogen (secondary N) is 1. The first-order valence-electron chi connectivity index (χ1n) is 11.2. The van der Waals surface area contributed by atoms with Gasteiger partial charge in [-0.15, -0.1) is 21.5 Å². The van der Waals surface area contributed by atoms with E-state index >= 15 is 0 Å². The van der Waals surface area contributed by atoms with Crippen LogP contribution >= 0.6 is 39.0 Å². The average Bonchev–Trinajstić information content (AvgIpc) is 3.37. The smallest absolute Gasteiger partial charge is 0.341 e. The molecule has 11 heteroatoms. The average molecular weight is 580 g/mol. The van der Waals surface area contributed by atoms with E-state index in [4.69, 9.17) is 9.47 Å². The van der Waals surface area contributed by atoms with Gasteiger partial charge in [0.1, 0.15) is 10.8 Å². The van der Waals surface area contributed by atoms with Crippen LogP contribution in [0.15, 0.2) is 33.9 Å². The highest BCUT2D eigenvalue weighted by molar-refractivity contribution is 9.10. The molecule has 0 aliphatic heterocycles. The van der Waals surface area contributed by atoms with Gasteiger partial charge in [-0.1, -0.05) is 34.6 Å². The summed E-state index contributed by atoms with van der Waals surface area (Å²) in [7, 11) is 3.22.